The van der Waals surface area contributed by atoms with E-state index in [-0.39, 0.29) is 0 Å². The Bertz CT molecular complexity index is 502. The topological polar surface area (TPSA) is 17.0 Å². The van der Waals surface area contributed by atoms with Gasteiger partial charge in [0.15, 0.2) is 0 Å². The van der Waals surface area contributed by atoms with E-state index in [2.05, 4.69) is 54.3 Å². The summed E-state index contributed by atoms with van der Waals surface area (Å²) in [5.74, 6) is 0. The fourth-order valence-electron chi connectivity index (χ4n) is 2.09. The Balaban J connectivity index is 1.98. The molecule has 1 unspecified atom stereocenters. The van der Waals surface area contributed by atoms with Crippen LogP contribution in [-0.2, 0) is 6.54 Å². The first-order valence-corrected chi connectivity index (χ1v) is 7.20. The Morgan fingerprint density at radius 1 is 1.21 bits per heavy atom. The number of aromatic nitrogens is 1. The molecule has 0 aliphatic rings. The minimum Gasteiger partial charge on any atom is -0.350 e. The van der Waals surface area contributed by atoms with Crippen molar-refractivity contribution >= 4 is 11.6 Å². The third-order valence-electron chi connectivity index (χ3n) is 3.25. The summed E-state index contributed by atoms with van der Waals surface area (Å²) < 4.78 is 2.21. The third kappa shape index (κ3) is 4.12. The maximum absolute atomic E-state index is 5.89. The molecule has 1 atom stereocenters. The molecule has 1 aromatic heterocycles. The second-order valence-electron chi connectivity index (χ2n) is 4.92. The highest BCUT2D eigenvalue weighted by Crippen LogP contribution is 2.15. The maximum atomic E-state index is 5.89. The molecular weight excluding hydrogens is 256 g/mol. The van der Waals surface area contributed by atoms with Crippen molar-refractivity contribution in [3.05, 3.63) is 58.9 Å². The fraction of sp³-hybridized carbons (Fsp3) is 0.375. The average molecular weight is 277 g/mol. The highest BCUT2D eigenvalue weighted by Gasteiger charge is 2.05. The minimum atomic E-state index is 0.409. The highest BCUT2D eigenvalue weighted by atomic mass is 35.5. The lowest BCUT2D eigenvalue weighted by molar-refractivity contribution is 0.569. The molecule has 2 aromatic rings. The average Bonchev–Trinajstić information content (AvgIpc) is 2.87. The van der Waals surface area contributed by atoms with Gasteiger partial charge in [0, 0.05) is 30.0 Å². The lowest BCUT2D eigenvalue weighted by Crippen LogP contribution is -2.18. The fourth-order valence-corrected chi connectivity index (χ4v) is 2.22. The molecule has 0 spiro atoms. The van der Waals surface area contributed by atoms with Gasteiger partial charge in [0.25, 0.3) is 0 Å². The standard InChI is InChI=1S/C16H21ClN2/c1-3-9-18-13(2)15-8-10-19(12-15)11-14-4-6-16(17)7-5-14/h4-8,10,12-13,18H,3,9,11H2,1-2H3. The number of benzene rings is 1. The van der Waals surface area contributed by atoms with Crippen LogP contribution in [0.4, 0.5) is 0 Å². The molecule has 0 saturated heterocycles. The molecule has 1 aromatic carbocycles. The zero-order chi connectivity index (χ0) is 13.7. The SMILES string of the molecule is CCCNC(C)c1ccn(Cc2ccc(Cl)cc2)c1. The summed E-state index contributed by atoms with van der Waals surface area (Å²) in [4.78, 5) is 0. The van der Waals surface area contributed by atoms with E-state index in [4.69, 9.17) is 11.6 Å². The van der Waals surface area contributed by atoms with Crippen LogP contribution in [0.15, 0.2) is 42.7 Å². The summed E-state index contributed by atoms with van der Waals surface area (Å²) in [7, 11) is 0. The van der Waals surface area contributed by atoms with E-state index in [0.717, 1.165) is 24.5 Å². The molecule has 0 radical (unpaired) electrons. The van der Waals surface area contributed by atoms with Crippen LogP contribution < -0.4 is 5.32 Å². The second-order valence-corrected chi connectivity index (χ2v) is 5.36. The van der Waals surface area contributed by atoms with E-state index in [9.17, 15) is 0 Å². The van der Waals surface area contributed by atoms with E-state index in [0.29, 0.717) is 6.04 Å². The Hall–Kier alpha value is -1.25. The molecule has 2 rings (SSSR count). The summed E-state index contributed by atoms with van der Waals surface area (Å²) >= 11 is 5.89. The van der Waals surface area contributed by atoms with Crippen molar-refractivity contribution < 1.29 is 0 Å². The molecular formula is C16H21ClN2. The number of nitrogens with zero attached hydrogens (tertiary/aromatic N) is 1. The summed E-state index contributed by atoms with van der Waals surface area (Å²) in [6.45, 7) is 6.34. The smallest absolute Gasteiger partial charge is 0.0470 e. The third-order valence-corrected chi connectivity index (χ3v) is 3.50. The van der Waals surface area contributed by atoms with Crippen LogP contribution in [-0.4, -0.2) is 11.1 Å². The molecule has 0 amide bonds. The van der Waals surface area contributed by atoms with Crippen molar-refractivity contribution in [3.8, 4) is 0 Å². The first-order valence-electron chi connectivity index (χ1n) is 6.82. The Labute approximate surface area is 120 Å². The van der Waals surface area contributed by atoms with Gasteiger partial charge in [-0.05, 0) is 49.2 Å². The summed E-state index contributed by atoms with van der Waals surface area (Å²) in [5.41, 5.74) is 2.60. The first kappa shape index (κ1) is 14.2. The van der Waals surface area contributed by atoms with Crippen LogP contribution in [0, 0.1) is 0 Å². The minimum absolute atomic E-state index is 0.409. The van der Waals surface area contributed by atoms with Gasteiger partial charge in [-0.1, -0.05) is 30.7 Å². The zero-order valence-electron chi connectivity index (χ0n) is 11.6. The largest absolute Gasteiger partial charge is 0.350 e. The molecule has 2 nitrogen and oxygen atoms in total. The van der Waals surface area contributed by atoms with E-state index < -0.39 is 0 Å². The molecule has 0 aliphatic carbocycles. The van der Waals surface area contributed by atoms with Crippen molar-refractivity contribution in [3.63, 3.8) is 0 Å². The van der Waals surface area contributed by atoms with E-state index in [1.165, 1.54) is 11.1 Å². The molecule has 0 saturated carbocycles. The van der Waals surface area contributed by atoms with Gasteiger partial charge in [0.05, 0.1) is 0 Å². The predicted molar refractivity (Wildman–Crippen MR) is 81.7 cm³/mol. The van der Waals surface area contributed by atoms with Gasteiger partial charge < -0.3 is 9.88 Å². The molecule has 0 bridgehead atoms. The van der Waals surface area contributed by atoms with Crippen molar-refractivity contribution in [1.29, 1.82) is 0 Å². The van der Waals surface area contributed by atoms with Gasteiger partial charge in [-0.3, -0.25) is 0 Å². The molecule has 19 heavy (non-hydrogen) atoms. The van der Waals surface area contributed by atoms with Crippen LogP contribution in [0.2, 0.25) is 5.02 Å². The van der Waals surface area contributed by atoms with Crippen LogP contribution in [0.5, 0.6) is 0 Å². The molecule has 0 aliphatic heterocycles. The molecule has 0 fully saturated rings. The molecule has 102 valence electrons. The predicted octanol–water partition coefficient (Wildman–Crippen LogP) is 4.25. The number of rotatable bonds is 6. The number of hydrogen-bond acceptors (Lipinski definition) is 1. The van der Waals surface area contributed by atoms with Crippen molar-refractivity contribution in [2.45, 2.75) is 32.9 Å². The van der Waals surface area contributed by atoms with Crippen LogP contribution >= 0.6 is 11.6 Å². The summed E-state index contributed by atoms with van der Waals surface area (Å²) in [5, 5.41) is 4.29. The summed E-state index contributed by atoms with van der Waals surface area (Å²) in [6, 6.07) is 10.6. The van der Waals surface area contributed by atoms with Gasteiger partial charge in [-0.25, -0.2) is 0 Å². The van der Waals surface area contributed by atoms with Crippen LogP contribution in [0.1, 0.15) is 37.4 Å². The van der Waals surface area contributed by atoms with Crippen LogP contribution in [0.25, 0.3) is 0 Å². The molecule has 1 N–H and O–H groups in total. The second kappa shape index (κ2) is 6.78. The molecule has 3 heteroatoms. The lowest BCUT2D eigenvalue weighted by atomic mass is 10.2. The highest BCUT2D eigenvalue weighted by molar-refractivity contribution is 6.30. The van der Waals surface area contributed by atoms with Gasteiger partial charge >= 0.3 is 0 Å². The quantitative estimate of drug-likeness (QED) is 0.835. The monoisotopic (exact) mass is 276 g/mol. The number of nitrogens with one attached hydrogen (secondary N) is 1. The molecule has 1 heterocycles. The van der Waals surface area contributed by atoms with E-state index >= 15 is 0 Å². The van der Waals surface area contributed by atoms with E-state index in [1.807, 2.05) is 12.1 Å². The van der Waals surface area contributed by atoms with Gasteiger partial charge in [0.2, 0.25) is 0 Å². The van der Waals surface area contributed by atoms with E-state index in [1.54, 1.807) is 0 Å². The van der Waals surface area contributed by atoms with Gasteiger partial charge in [-0.15, -0.1) is 0 Å². The Kier molecular flexibility index (Phi) is 5.06. The van der Waals surface area contributed by atoms with Gasteiger partial charge in [-0.2, -0.15) is 0 Å². The summed E-state index contributed by atoms with van der Waals surface area (Å²) in [6.07, 6.45) is 5.51. The van der Waals surface area contributed by atoms with Crippen molar-refractivity contribution in [2.75, 3.05) is 6.54 Å². The van der Waals surface area contributed by atoms with Crippen molar-refractivity contribution in [1.82, 2.24) is 9.88 Å². The Morgan fingerprint density at radius 2 is 1.95 bits per heavy atom. The van der Waals surface area contributed by atoms with Crippen LogP contribution in [0.3, 0.4) is 0 Å². The number of halogens is 1. The lowest BCUT2D eigenvalue weighted by Gasteiger charge is -2.11. The Morgan fingerprint density at radius 3 is 2.63 bits per heavy atom. The van der Waals surface area contributed by atoms with Crippen molar-refractivity contribution in [2.24, 2.45) is 0 Å². The normalized spacial score (nSPS) is 12.6. The first-order chi connectivity index (χ1) is 9.19. The number of hydrogen-bond donors (Lipinski definition) is 1. The van der Waals surface area contributed by atoms with Gasteiger partial charge in [0.1, 0.15) is 0 Å². The maximum Gasteiger partial charge on any atom is 0.0470 e. The zero-order valence-corrected chi connectivity index (χ0v) is 12.3.